The van der Waals surface area contributed by atoms with Gasteiger partial charge in [-0.25, -0.2) is 4.79 Å². The summed E-state index contributed by atoms with van der Waals surface area (Å²) >= 11 is 0. The van der Waals surface area contributed by atoms with Crippen molar-refractivity contribution in [2.24, 2.45) is 0 Å². The van der Waals surface area contributed by atoms with Gasteiger partial charge in [0, 0.05) is 31.2 Å². The van der Waals surface area contributed by atoms with Gasteiger partial charge in [-0.1, -0.05) is 24.3 Å². The molecule has 20 heavy (non-hydrogen) atoms. The van der Waals surface area contributed by atoms with E-state index in [0.717, 1.165) is 25.9 Å². The topological polar surface area (TPSA) is 45.3 Å². The first-order valence-electron chi connectivity index (χ1n) is 7.23. The first-order valence-corrected chi connectivity index (χ1v) is 7.23. The summed E-state index contributed by atoms with van der Waals surface area (Å²) in [7, 11) is 0. The minimum Gasteiger partial charge on any atom is -0.461 e. The quantitative estimate of drug-likeness (QED) is 0.860. The Morgan fingerprint density at radius 2 is 2.40 bits per heavy atom. The molecule has 0 radical (unpaired) electrons. The Balaban J connectivity index is 1.73. The van der Waals surface area contributed by atoms with Gasteiger partial charge in [0.15, 0.2) is 0 Å². The van der Waals surface area contributed by atoms with Crippen LogP contribution >= 0.6 is 0 Å². The maximum atomic E-state index is 11.8. The van der Waals surface area contributed by atoms with E-state index in [2.05, 4.69) is 34.2 Å². The summed E-state index contributed by atoms with van der Waals surface area (Å²) in [5, 5.41) is 0. The highest BCUT2D eigenvalue weighted by Crippen LogP contribution is 2.24. The molecule has 0 spiro atoms. The van der Waals surface area contributed by atoms with E-state index >= 15 is 0 Å². The van der Waals surface area contributed by atoms with Gasteiger partial charge in [0.1, 0.15) is 5.69 Å². The van der Waals surface area contributed by atoms with Gasteiger partial charge in [-0.05, 0) is 25.0 Å². The molecule has 4 heteroatoms. The number of rotatable bonds is 3. The van der Waals surface area contributed by atoms with Crippen molar-refractivity contribution in [3.63, 3.8) is 0 Å². The number of carbonyl (C=O) groups is 1. The summed E-state index contributed by atoms with van der Waals surface area (Å²) in [6, 6.07) is 2.43. The molecule has 106 valence electrons. The molecule has 0 saturated carbocycles. The third-order valence-corrected chi connectivity index (χ3v) is 3.94. The Morgan fingerprint density at radius 3 is 3.15 bits per heavy atom. The van der Waals surface area contributed by atoms with E-state index in [-0.39, 0.29) is 5.97 Å². The molecule has 4 nitrogen and oxygen atoms in total. The smallest absolute Gasteiger partial charge is 0.354 e. The van der Waals surface area contributed by atoms with Gasteiger partial charge in [-0.3, -0.25) is 4.90 Å². The molecule has 1 unspecified atom stereocenters. The summed E-state index contributed by atoms with van der Waals surface area (Å²) in [5.41, 5.74) is 2.99. The normalized spacial score (nSPS) is 21.8. The van der Waals surface area contributed by atoms with Gasteiger partial charge in [0.2, 0.25) is 0 Å². The number of aromatic nitrogens is 1. The second-order valence-corrected chi connectivity index (χ2v) is 5.24. The number of ether oxygens (including phenoxy) is 1. The second kappa shape index (κ2) is 5.67. The number of esters is 1. The van der Waals surface area contributed by atoms with Gasteiger partial charge in [0.05, 0.1) is 6.61 Å². The van der Waals surface area contributed by atoms with Crippen molar-refractivity contribution in [3.8, 4) is 0 Å². The van der Waals surface area contributed by atoms with E-state index in [1.165, 1.54) is 11.3 Å². The first kappa shape index (κ1) is 13.2. The summed E-state index contributed by atoms with van der Waals surface area (Å²) in [6.07, 6.45) is 10.7. The van der Waals surface area contributed by atoms with Crippen LogP contribution in [-0.2, 0) is 17.7 Å². The Morgan fingerprint density at radius 1 is 1.50 bits per heavy atom. The molecular weight excluding hydrogens is 252 g/mol. The van der Waals surface area contributed by atoms with Gasteiger partial charge in [0.25, 0.3) is 0 Å². The standard InChI is InChI=1S/C16H20N2O2/c1-2-20-16(19)15-10-12-11-18(9-8-14(12)17-15)13-6-4-3-5-7-13/h3-6,10,13,17H,2,7-9,11H2,1H3. The van der Waals surface area contributed by atoms with Gasteiger partial charge >= 0.3 is 5.97 Å². The maximum absolute atomic E-state index is 11.8. The van der Waals surface area contributed by atoms with Gasteiger partial charge in [-0.15, -0.1) is 0 Å². The SMILES string of the molecule is CCOC(=O)c1cc2c([nH]1)CCN(C1C=CC=CC1)C2. The Kier molecular flexibility index (Phi) is 3.74. The van der Waals surface area contributed by atoms with Crippen LogP contribution in [0.5, 0.6) is 0 Å². The molecule has 1 N–H and O–H groups in total. The molecule has 0 amide bonds. The van der Waals surface area contributed by atoms with Crippen LogP contribution in [-0.4, -0.2) is 35.0 Å². The van der Waals surface area contributed by atoms with Crippen molar-refractivity contribution in [1.29, 1.82) is 0 Å². The summed E-state index contributed by atoms with van der Waals surface area (Å²) in [6.45, 7) is 4.16. The van der Waals surface area contributed by atoms with Crippen LogP contribution in [0.15, 0.2) is 30.4 Å². The third kappa shape index (κ3) is 2.56. The number of nitrogens with one attached hydrogen (secondary N) is 1. The first-order chi connectivity index (χ1) is 9.78. The van der Waals surface area contributed by atoms with Crippen molar-refractivity contribution < 1.29 is 9.53 Å². The largest absolute Gasteiger partial charge is 0.461 e. The molecule has 0 aromatic carbocycles. The predicted octanol–water partition coefficient (Wildman–Crippen LogP) is 2.43. The molecular formula is C16H20N2O2. The lowest BCUT2D eigenvalue weighted by molar-refractivity contribution is 0.0520. The van der Waals surface area contributed by atoms with Crippen LogP contribution in [0.1, 0.15) is 35.1 Å². The molecule has 1 aliphatic carbocycles. The van der Waals surface area contributed by atoms with Crippen molar-refractivity contribution in [1.82, 2.24) is 9.88 Å². The van der Waals surface area contributed by atoms with Crippen LogP contribution < -0.4 is 0 Å². The minimum absolute atomic E-state index is 0.256. The number of H-pyrrole nitrogens is 1. The van der Waals surface area contributed by atoms with Crippen molar-refractivity contribution in [2.45, 2.75) is 32.4 Å². The number of aromatic amines is 1. The Hall–Kier alpha value is -1.81. The fraction of sp³-hybridized carbons (Fsp3) is 0.438. The number of carbonyl (C=O) groups excluding carboxylic acids is 1. The van der Waals surface area contributed by atoms with E-state index in [1.54, 1.807) is 0 Å². The van der Waals surface area contributed by atoms with E-state index in [0.29, 0.717) is 18.3 Å². The lowest BCUT2D eigenvalue weighted by Gasteiger charge is -2.33. The van der Waals surface area contributed by atoms with E-state index in [4.69, 9.17) is 4.74 Å². The van der Waals surface area contributed by atoms with Crippen molar-refractivity contribution in [2.75, 3.05) is 13.2 Å². The van der Waals surface area contributed by atoms with Crippen LogP contribution in [0, 0.1) is 0 Å². The highest BCUT2D eigenvalue weighted by Gasteiger charge is 2.24. The van der Waals surface area contributed by atoms with Crippen LogP contribution in [0.25, 0.3) is 0 Å². The van der Waals surface area contributed by atoms with E-state index < -0.39 is 0 Å². The summed E-state index contributed by atoms with van der Waals surface area (Å²) < 4.78 is 5.04. The molecule has 1 atom stereocenters. The average Bonchev–Trinajstić information content (AvgIpc) is 2.91. The highest BCUT2D eigenvalue weighted by atomic mass is 16.5. The minimum atomic E-state index is -0.256. The zero-order valence-corrected chi connectivity index (χ0v) is 11.8. The highest BCUT2D eigenvalue weighted by molar-refractivity contribution is 5.87. The van der Waals surface area contributed by atoms with Crippen molar-refractivity contribution in [3.05, 3.63) is 47.3 Å². The van der Waals surface area contributed by atoms with Crippen LogP contribution in [0.4, 0.5) is 0 Å². The molecule has 1 aromatic rings. The third-order valence-electron chi connectivity index (χ3n) is 3.94. The fourth-order valence-corrected chi connectivity index (χ4v) is 2.90. The molecule has 1 aromatic heterocycles. The number of fused-ring (bicyclic) bond motifs is 1. The van der Waals surface area contributed by atoms with Crippen LogP contribution in [0.3, 0.4) is 0 Å². The monoisotopic (exact) mass is 272 g/mol. The summed E-state index contributed by atoms with van der Waals surface area (Å²) in [5.74, 6) is -0.256. The molecule has 2 aliphatic rings. The van der Waals surface area contributed by atoms with Crippen molar-refractivity contribution >= 4 is 5.97 Å². The average molecular weight is 272 g/mol. The molecule has 2 heterocycles. The summed E-state index contributed by atoms with van der Waals surface area (Å²) in [4.78, 5) is 17.4. The molecule has 1 aliphatic heterocycles. The Labute approximate surface area is 119 Å². The molecule has 0 fully saturated rings. The van der Waals surface area contributed by atoms with Gasteiger partial charge < -0.3 is 9.72 Å². The zero-order valence-electron chi connectivity index (χ0n) is 11.8. The second-order valence-electron chi connectivity index (χ2n) is 5.24. The lowest BCUT2D eigenvalue weighted by atomic mass is 10.0. The number of hydrogen-bond acceptors (Lipinski definition) is 3. The predicted molar refractivity (Wildman–Crippen MR) is 77.5 cm³/mol. The molecule has 0 saturated heterocycles. The molecule has 3 rings (SSSR count). The van der Waals surface area contributed by atoms with Crippen LogP contribution in [0.2, 0.25) is 0 Å². The maximum Gasteiger partial charge on any atom is 0.354 e. The zero-order chi connectivity index (χ0) is 13.9. The fourth-order valence-electron chi connectivity index (χ4n) is 2.90. The number of hydrogen-bond donors (Lipinski definition) is 1. The van der Waals surface area contributed by atoms with E-state index in [1.807, 2.05) is 13.0 Å². The molecule has 0 bridgehead atoms. The Bertz CT molecular complexity index is 557. The number of nitrogens with zero attached hydrogens (tertiary/aromatic N) is 1. The number of allylic oxidation sites excluding steroid dienone is 2. The van der Waals surface area contributed by atoms with Gasteiger partial charge in [-0.2, -0.15) is 0 Å². The van der Waals surface area contributed by atoms with E-state index in [9.17, 15) is 4.79 Å². The lowest BCUT2D eigenvalue weighted by Crippen LogP contribution is -2.38.